The first-order valence-electron chi connectivity index (χ1n) is 10.2. The monoisotopic (exact) mass is 557 g/mol. The van der Waals surface area contributed by atoms with Crippen LogP contribution in [0.5, 0.6) is 0 Å². The molecule has 188 valence electrons. The molecule has 3 aromatic carbocycles. The summed E-state index contributed by atoms with van der Waals surface area (Å²) >= 11 is 7.56. The van der Waals surface area contributed by atoms with Gasteiger partial charge in [-0.1, -0.05) is 41.9 Å². The van der Waals surface area contributed by atoms with Gasteiger partial charge in [-0.15, -0.1) is 11.3 Å². The first-order chi connectivity index (χ1) is 16.9. The highest BCUT2D eigenvalue weighted by molar-refractivity contribution is 7.93. The number of benzene rings is 3. The molecule has 0 fully saturated rings. The highest BCUT2D eigenvalue weighted by Crippen LogP contribution is 2.44. The van der Waals surface area contributed by atoms with Gasteiger partial charge in [0.15, 0.2) is 0 Å². The van der Waals surface area contributed by atoms with Gasteiger partial charge in [0.05, 0.1) is 34.7 Å². The van der Waals surface area contributed by atoms with E-state index in [1.807, 2.05) is 0 Å². The van der Waals surface area contributed by atoms with Gasteiger partial charge in [0.2, 0.25) is 0 Å². The molecule has 0 radical (unpaired) electrons. The van der Waals surface area contributed by atoms with Crippen molar-refractivity contribution in [1.29, 1.82) is 0 Å². The predicted octanol–water partition coefficient (Wildman–Crippen LogP) is 6.89. The number of thiophene rings is 1. The summed E-state index contributed by atoms with van der Waals surface area (Å²) in [5.74, 6) is -2.25. The summed E-state index contributed by atoms with van der Waals surface area (Å²) in [4.78, 5) is 11.7. The molecule has 12 heteroatoms. The topological polar surface area (TPSA) is 63.7 Å². The third kappa shape index (κ3) is 4.91. The molecule has 0 saturated heterocycles. The zero-order chi connectivity index (χ0) is 26.3. The number of alkyl halides is 3. The van der Waals surface area contributed by atoms with Crippen LogP contribution in [0.25, 0.3) is 10.1 Å². The number of sulfonamides is 1. The molecule has 5 nitrogen and oxygen atoms in total. The molecule has 0 bridgehead atoms. The normalized spacial score (nSPS) is 12.1. The number of methoxy groups -OCH3 is 1. The van der Waals surface area contributed by atoms with E-state index in [-0.39, 0.29) is 26.0 Å². The minimum absolute atomic E-state index is 0.0397. The first-order valence-corrected chi connectivity index (χ1v) is 12.8. The second kappa shape index (κ2) is 9.72. The van der Waals surface area contributed by atoms with Crippen molar-refractivity contribution in [3.05, 3.63) is 94.3 Å². The number of nitrogens with zero attached hydrogens (tertiary/aromatic N) is 1. The van der Waals surface area contributed by atoms with Crippen LogP contribution in [0, 0.1) is 5.82 Å². The summed E-state index contributed by atoms with van der Waals surface area (Å²) in [5.41, 5.74) is -1.68. The van der Waals surface area contributed by atoms with Crippen LogP contribution in [0.15, 0.2) is 71.6 Å². The lowest BCUT2D eigenvalue weighted by atomic mass is 10.1. The number of anilines is 1. The Labute approximate surface area is 212 Å². The van der Waals surface area contributed by atoms with Gasteiger partial charge in [0.1, 0.15) is 10.8 Å². The van der Waals surface area contributed by atoms with Gasteiger partial charge in [-0.05, 0) is 42.0 Å². The number of hydrogen-bond acceptors (Lipinski definition) is 5. The smallest absolute Gasteiger partial charge is 0.419 e. The minimum atomic E-state index is -4.98. The van der Waals surface area contributed by atoms with E-state index in [1.54, 1.807) is 24.3 Å². The van der Waals surface area contributed by atoms with Gasteiger partial charge in [-0.25, -0.2) is 17.6 Å². The third-order valence-corrected chi connectivity index (χ3v) is 8.80. The highest BCUT2D eigenvalue weighted by Gasteiger charge is 2.35. The molecular formula is C24H16ClF4NO4S2. The van der Waals surface area contributed by atoms with E-state index in [2.05, 4.69) is 4.74 Å². The Hall–Kier alpha value is -3.15. The Kier molecular flexibility index (Phi) is 7.00. The number of hydrogen-bond donors (Lipinski definition) is 0. The van der Waals surface area contributed by atoms with E-state index in [0.29, 0.717) is 22.2 Å². The van der Waals surface area contributed by atoms with Crippen LogP contribution in [0.2, 0.25) is 5.02 Å². The molecular weight excluding hydrogens is 542 g/mol. The molecule has 0 saturated carbocycles. The Morgan fingerprint density at radius 2 is 1.78 bits per heavy atom. The highest BCUT2D eigenvalue weighted by atomic mass is 35.5. The number of halogens is 5. The summed E-state index contributed by atoms with van der Waals surface area (Å²) in [6.45, 7) is -0.583. The summed E-state index contributed by atoms with van der Waals surface area (Å²) < 4.78 is 87.6. The number of ether oxygens (including phenoxy) is 1. The second-order valence-corrected chi connectivity index (χ2v) is 10.8. The van der Waals surface area contributed by atoms with E-state index < -0.39 is 40.1 Å². The van der Waals surface area contributed by atoms with Crippen molar-refractivity contribution in [3.8, 4) is 0 Å². The Morgan fingerprint density at radius 3 is 2.44 bits per heavy atom. The SMILES string of the molecule is COC(=O)c1cccc(S(=O)(=O)N(Cc2ccc(F)c(C(F)(F)F)c2)c2sc3ccccc3c2Cl)c1. The van der Waals surface area contributed by atoms with Crippen molar-refractivity contribution in [1.82, 2.24) is 0 Å². The van der Waals surface area contributed by atoms with Crippen molar-refractivity contribution < 1.29 is 35.5 Å². The van der Waals surface area contributed by atoms with Gasteiger partial charge in [0, 0.05) is 10.1 Å². The van der Waals surface area contributed by atoms with Crippen LogP contribution in [0.1, 0.15) is 21.5 Å². The molecule has 0 N–H and O–H groups in total. The number of carbonyl (C=O) groups is 1. The van der Waals surface area contributed by atoms with Crippen molar-refractivity contribution in [2.75, 3.05) is 11.4 Å². The van der Waals surface area contributed by atoms with Gasteiger partial charge in [0.25, 0.3) is 10.0 Å². The zero-order valence-electron chi connectivity index (χ0n) is 18.3. The lowest BCUT2D eigenvalue weighted by molar-refractivity contribution is -0.140. The van der Waals surface area contributed by atoms with Gasteiger partial charge < -0.3 is 4.74 Å². The van der Waals surface area contributed by atoms with Crippen molar-refractivity contribution >= 4 is 54.0 Å². The van der Waals surface area contributed by atoms with Crippen LogP contribution in [-0.4, -0.2) is 21.5 Å². The van der Waals surface area contributed by atoms with Crippen molar-refractivity contribution in [2.24, 2.45) is 0 Å². The molecule has 0 amide bonds. The Morgan fingerprint density at radius 1 is 1.06 bits per heavy atom. The molecule has 0 aliphatic carbocycles. The van der Waals surface area contributed by atoms with Crippen molar-refractivity contribution in [3.63, 3.8) is 0 Å². The summed E-state index contributed by atoms with van der Waals surface area (Å²) in [6, 6.07) is 14.1. The number of esters is 1. The van der Waals surface area contributed by atoms with Gasteiger partial charge in [-0.3, -0.25) is 4.31 Å². The second-order valence-electron chi connectivity index (χ2n) is 7.56. The molecule has 0 aliphatic heterocycles. The van der Waals surface area contributed by atoms with Gasteiger partial charge >= 0.3 is 12.1 Å². The standard InChI is InChI=1S/C24H16ClF4NO4S2/c1-34-23(31)15-5-4-6-16(12-15)36(32,33)30(22-21(25)17-7-2-3-8-20(17)35-22)13-14-9-10-19(26)18(11-14)24(27,28)29/h2-12H,13H2,1H3. The number of rotatable bonds is 6. The average molecular weight is 558 g/mol. The Bertz CT molecular complexity index is 1570. The maximum absolute atomic E-state index is 13.9. The van der Waals surface area contributed by atoms with Crippen LogP contribution in [0.4, 0.5) is 22.6 Å². The lowest BCUT2D eigenvalue weighted by Gasteiger charge is -2.24. The fraction of sp³-hybridized carbons (Fsp3) is 0.125. The van der Waals surface area contributed by atoms with Crippen LogP contribution in [0.3, 0.4) is 0 Å². The fourth-order valence-electron chi connectivity index (χ4n) is 3.51. The third-order valence-electron chi connectivity index (χ3n) is 5.25. The molecule has 0 atom stereocenters. The average Bonchev–Trinajstić information content (AvgIpc) is 3.18. The quantitative estimate of drug-likeness (QED) is 0.191. The van der Waals surface area contributed by atoms with E-state index >= 15 is 0 Å². The van der Waals surface area contributed by atoms with E-state index in [9.17, 15) is 30.8 Å². The zero-order valence-corrected chi connectivity index (χ0v) is 20.7. The van der Waals surface area contributed by atoms with Crippen LogP contribution in [-0.2, 0) is 27.5 Å². The molecule has 0 spiro atoms. The predicted molar refractivity (Wildman–Crippen MR) is 129 cm³/mol. The molecule has 4 rings (SSSR count). The summed E-state index contributed by atoms with van der Waals surface area (Å²) in [7, 11) is -3.33. The van der Waals surface area contributed by atoms with E-state index in [1.165, 1.54) is 18.2 Å². The van der Waals surface area contributed by atoms with Crippen LogP contribution < -0.4 is 4.31 Å². The first kappa shape index (κ1) is 25.9. The molecule has 36 heavy (non-hydrogen) atoms. The molecule has 1 heterocycles. The largest absolute Gasteiger partial charge is 0.465 e. The van der Waals surface area contributed by atoms with Gasteiger partial charge in [-0.2, -0.15) is 13.2 Å². The van der Waals surface area contributed by atoms with E-state index in [4.69, 9.17) is 11.6 Å². The fourth-order valence-corrected chi connectivity index (χ4v) is 6.82. The molecule has 4 aromatic rings. The maximum atomic E-state index is 13.9. The van der Waals surface area contributed by atoms with Crippen LogP contribution >= 0.6 is 22.9 Å². The molecule has 0 unspecified atom stereocenters. The number of carbonyl (C=O) groups excluding carboxylic acids is 1. The summed E-state index contributed by atoms with van der Waals surface area (Å²) in [6.07, 6.45) is -4.98. The Balaban J connectivity index is 1.89. The summed E-state index contributed by atoms with van der Waals surface area (Å²) in [5, 5.41) is 0.693. The maximum Gasteiger partial charge on any atom is 0.419 e. The van der Waals surface area contributed by atoms with E-state index in [0.717, 1.165) is 34.9 Å². The van der Waals surface area contributed by atoms with Crippen molar-refractivity contribution in [2.45, 2.75) is 17.6 Å². The lowest BCUT2D eigenvalue weighted by Crippen LogP contribution is -2.30. The minimum Gasteiger partial charge on any atom is -0.465 e. The molecule has 0 aliphatic rings. The molecule has 1 aromatic heterocycles. The number of fused-ring (bicyclic) bond motifs is 1.